The predicted molar refractivity (Wildman–Crippen MR) is 142 cm³/mol. The Morgan fingerprint density at radius 2 is 1.83 bits per heavy atom. The molecule has 35 heavy (non-hydrogen) atoms. The first-order chi connectivity index (χ1) is 17.1. The van der Waals surface area contributed by atoms with Gasteiger partial charge in [0, 0.05) is 38.1 Å². The maximum atomic E-state index is 13.5. The number of aromatic nitrogens is 1. The van der Waals surface area contributed by atoms with Gasteiger partial charge in [-0.25, -0.2) is 4.98 Å². The number of carbonyl (C=O) groups excluding carboxylic acids is 1. The summed E-state index contributed by atoms with van der Waals surface area (Å²) in [5.74, 6) is 0.860. The lowest BCUT2D eigenvalue weighted by atomic mass is 10.00. The molecule has 2 aliphatic rings. The molecule has 2 heterocycles. The number of benzene rings is 2. The number of allylic oxidation sites excluding steroid dienone is 1. The van der Waals surface area contributed by atoms with E-state index in [9.17, 15) is 4.79 Å². The number of ether oxygens (including phenoxy) is 1. The number of piperazine rings is 1. The Hall–Kier alpha value is -3.22. The summed E-state index contributed by atoms with van der Waals surface area (Å²) < 4.78 is 5.28. The van der Waals surface area contributed by atoms with Crippen LogP contribution in [0.4, 0.5) is 0 Å². The molecule has 0 atom stereocenters. The molecule has 1 amide bonds. The molecule has 5 rings (SSSR count). The van der Waals surface area contributed by atoms with Crippen molar-refractivity contribution in [1.82, 2.24) is 20.1 Å². The molecular formula is C29H34N4O2. The van der Waals surface area contributed by atoms with E-state index in [4.69, 9.17) is 9.72 Å². The van der Waals surface area contributed by atoms with Crippen LogP contribution in [-0.2, 0) is 6.42 Å². The van der Waals surface area contributed by atoms with Crippen LogP contribution < -0.4 is 10.1 Å². The number of methoxy groups -OCH3 is 1. The van der Waals surface area contributed by atoms with Gasteiger partial charge in [-0.1, -0.05) is 30.3 Å². The van der Waals surface area contributed by atoms with Gasteiger partial charge in [-0.05, 0) is 73.8 Å². The van der Waals surface area contributed by atoms with Crippen LogP contribution in [0.2, 0.25) is 0 Å². The van der Waals surface area contributed by atoms with E-state index in [1.165, 1.54) is 5.57 Å². The van der Waals surface area contributed by atoms with Gasteiger partial charge >= 0.3 is 0 Å². The zero-order chi connectivity index (χ0) is 24.2. The Labute approximate surface area is 207 Å². The van der Waals surface area contributed by atoms with Gasteiger partial charge in [-0.2, -0.15) is 0 Å². The molecule has 0 unspecified atom stereocenters. The number of para-hydroxylation sites is 1. The van der Waals surface area contributed by atoms with Crippen LogP contribution in [0.3, 0.4) is 0 Å². The second-order valence-corrected chi connectivity index (χ2v) is 9.53. The van der Waals surface area contributed by atoms with Crippen molar-refractivity contribution in [3.05, 3.63) is 70.9 Å². The SMILES string of the molecule is COc1ccc(/C=C2/CCc3c2nc2ccccc2c3C(=O)NCCCN2CCN(C)CC2)cc1. The Kier molecular flexibility index (Phi) is 7.11. The average molecular weight is 471 g/mol. The first-order valence-corrected chi connectivity index (χ1v) is 12.6. The summed E-state index contributed by atoms with van der Waals surface area (Å²) in [6.45, 7) is 6.16. The molecule has 1 saturated heterocycles. The normalized spacial score (nSPS) is 17.6. The largest absolute Gasteiger partial charge is 0.497 e. The minimum absolute atomic E-state index is 0.0175. The molecule has 0 bridgehead atoms. The van der Waals surface area contributed by atoms with E-state index < -0.39 is 0 Å². The molecule has 6 heteroatoms. The highest BCUT2D eigenvalue weighted by molar-refractivity contribution is 6.09. The average Bonchev–Trinajstić information content (AvgIpc) is 3.28. The number of fused-ring (bicyclic) bond motifs is 2. The fourth-order valence-corrected chi connectivity index (χ4v) is 5.10. The second kappa shape index (κ2) is 10.6. The number of nitrogens with zero attached hydrogens (tertiary/aromatic N) is 3. The van der Waals surface area contributed by atoms with E-state index in [1.807, 2.05) is 36.4 Å². The molecule has 0 radical (unpaired) electrons. The molecule has 3 aromatic rings. The number of likely N-dealkylation sites (N-methyl/N-ethyl adjacent to an activating group) is 1. The van der Waals surface area contributed by atoms with Gasteiger partial charge in [0.25, 0.3) is 5.91 Å². The van der Waals surface area contributed by atoms with Gasteiger partial charge in [0.1, 0.15) is 5.75 Å². The van der Waals surface area contributed by atoms with Crippen molar-refractivity contribution >= 4 is 28.5 Å². The molecule has 1 fully saturated rings. The molecule has 0 spiro atoms. The molecular weight excluding hydrogens is 436 g/mol. The summed E-state index contributed by atoms with van der Waals surface area (Å²) in [6.07, 6.45) is 4.86. The zero-order valence-corrected chi connectivity index (χ0v) is 20.7. The summed E-state index contributed by atoms with van der Waals surface area (Å²) in [4.78, 5) is 23.3. The van der Waals surface area contributed by atoms with Gasteiger partial charge in [0.2, 0.25) is 0 Å². The Morgan fingerprint density at radius 3 is 2.60 bits per heavy atom. The summed E-state index contributed by atoms with van der Waals surface area (Å²) >= 11 is 0. The molecule has 6 nitrogen and oxygen atoms in total. The summed E-state index contributed by atoms with van der Waals surface area (Å²) in [7, 11) is 3.85. The molecule has 182 valence electrons. The lowest BCUT2D eigenvalue weighted by Gasteiger charge is -2.32. The third kappa shape index (κ3) is 5.24. The monoisotopic (exact) mass is 470 g/mol. The highest BCUT2D eigenvalue weighted by Gasteiger charge is 2.26. The number of nitrogens with one attached hydrogen (secondary N) is 1. The van der Waals surface area contributed by atoms with Gasteiger partial charge in [-0.3, -0.25) is 4.79 Å². The van der Waals surface area contributed by atoms with Crippen molar-refractivity contribution in [2.24, 2.45) is 0 Å². The number of carbonyl (C=O) groups is 1. The van der Waals surface area contributed by atoms with Gasteiger partial charge in [-0.15, -0.1) is 0 Å². The van der Waals surface area contributed by atoms with Crippen LogP contribution in [0.1, 0.15) is 40.0 Å². The smallest absolute Gasteiger partial charge is 0.252 e. The van der Waals surface area contributed by atoms with E-state index >= 15 is 0 Å². The van der Waals surface area contributed by atoms with E-state index in [0.29, 0.717) is 6.54 Å². The number of amides is 1. The third-order valence-corrected chi connectivity index (χ3v) is 7.16. The zero-order valence-electron chi connectivity index (χ0n) is 20.7. The lowest BCUT2D eigenvalue weighted by Crippen LogP contribution is -2.45. The summed E-state index contributed by atoms with van der Waals surface area (Å²) in [5.41, 5.74) is 5.99. The number of hydrogen-bond acceptors (Lipinski definition) is 5. The van der Waals surface area contributed by atoms with Gasteiger partial charge in [0.15, 0.2) is 0 Å². The van der Waals surface area contributed by atoms with Crippen LogP contribution >= 0.6 is 0 Å². The topological polar surface area (TPSA) is 57.7 Å². The Balaban J connectivity index is 1.35. The Bertz CT molecular complexity index is 1230. The molecule has 1 N–H and O–H groups in total. The third-order valence-electron chi connectivity index (χ3n) is 7.16. The van der Waals surface area contributed by atoms with Crippen molar-refractivity contribution in [2.45, 2.75) is 19.3 Å². The highest BCUT2D eigenvalue weighted by Crippen LogP contribution is 2.37. The fourth-order valence-electron chi connectivity index (χ4n) is 5.10. The number of hydrogen-bond donors (Lipinski definition) is 1. The second-order valence-electron chi connectivity index (χ2n) is 9.53. The van der Waals surface area contributed by atoms with Gasteiger partial charge < -0.3 is 19.9 Å². The van der Waals surface area contributed by atoms with Crippen molar-refractivity contribution in [2.75, 3.05) is 53.4 Å². The summed E-state index contributed by atoms with van der Waals surface area (Å²) in [5, 5.41) is 4.15. The van der Waals surface area contributed by atoms with E-state index in [2.05, 4.69) is 40.4 Å². The molecule has 2 aromatic carbocycles. The van der Waals surface area contributed by atoms with Crippen molar-refractivity contribution in [3.8, 4) is 5.75 Å². The standard InChI is InChI=1S/C29H34N4O2/c1-32-16-18-33(19-17-32)15-5-14-30-29(34)27-24-6-3-4-7-26(24)31-28-22(10-13-25(27)28)20-21-8-11-23(35-2)12-9-21/h3-4,6-9,11-12,20H,5,10,13-19H2,1-2H3,(H,30,34)/b22-20-. The van der Waals surface area contributed by atoms with Crippen molar-refractivity contribution < 1.29 is 9.53 Å². The highest BCUT2D eigenvalue weighted by atomic mass is 16.5. The molecule has 1 aliphatic heterocycles. The van der Waals surface area contributed by atoms with Crippen molar-refractivity contribution in [3.63, 3.8) is 0 Å². The lowest BCUT2D eigenvalue weighted by molar-refractivity contribution is 0.0950. The van der Waals surface area contributed by atoms with Crippen LogP contribution in [0.5, 0.6) is 5.75 Å². The maximum Gasteiger partial charge on any atom is 0.252 e. The van der Waals surface area contributed by atoms with E-state index in [-0.39, 0.29) is 5.91 Å². The van der Waals surface area contributed by atoms with Crippen LogP contribution in [0.25, 0.3) is 22.6 Å². The minimum Gasteiger partial charge on any atom is -0.497 e. The quantitative estimate of drug-likeness (QED) is 0.527. The van der Waals surface area contributed by atoms with Crippen LogP contribution in [-0.4, -0.2) is 74.1 Å². The minimum atomic E-state index is 0.0175. The van der Waals surface area contributed by atoms with Crippen LogP contribution in [0.15, 0.2) is 48.5 Å². The summed E-state index contributed by atoms with van der Waals surface area (Å²) in [6, 6.07) is 16.0. The van der Waals surface area contributed by atoms with Crippen LogP contribution in [0, 0.1) is 0 Å². The van der Waals surface area contributed by atoms with Gasteiger partial charge in [0.05, 0.1) is 23.9 Å². The van der Waals surface area contributed by atoms with Crippen molar-refractivity contribution in [1.29, 1.82) is 0 Å². The molecule has 1 aromatic heterocycles. The van der Waals surface area contributed by atoms with E-state index in [0.717, 1.165) is 91.0 Å². The number of pyridine rings is 1. The number of rotatable bonds is 7. The van der Waals surface area contributed by atoms with E-state index in [1.54, 1.807) is 7.11 Å². The molecule has 1 aliphatic carbocycles. The Morgan fingerprint density at radius 1 is 1.06 bits per heavy atom. The first kappa shape index (κ1) is 23.5. The first-order valence-electron chi connectivity index (χ1n) is 12.6. The molecule has 0 saturated carbocycles. The predicted octanol–water partition coefficient (Wildman–Crippen LogP) is 4.10. The fraction of sp³-hybridized carbons (Fsp3) is 0.379. The maximum absolute atomic E-state index is 13.5.